The average molecular weight is 170 g/mol. The number of amides is 1. The largest absolute Gasteiger partial charge is 0.391 e. The Kier molecular flexibility index (Phi) is 2.02. The summed E-state index contributed by atoms with van der Waals surface area (Å²) >= 11 is 0. The van der Waals surface area contributed by atoms with Crippen molar-refractivity contribution >= 4 is 5.91 Å². The van der Waals surface area contributed by atoms with Crippen molar-refractivity contribution in [2.45, 2.75) is 25.0 Å². The Morgan fingerprint density at radius 3 is 2.67 bits per heavy atom. The number of nitrogens with one attached hydrogen (secondary N) is 2. The quantitative estimate of drug-likeness (QED) is 0.490. The summed E-state index contributed by atoms with van der Waals surface area (Å²) in [6.45, 7) is 1.16. The number of carbonyl (C=O) groups excluding carboxylic acids is 1. The molecule has 3 N–H and O–H groups in total. The Hall–Kier alpha value is -0.610. The molecule has 0 aromatic heterocycles. The highest BCUT2D eigenvalue weighted by Gasteiger charge is 2.34. The molecule has 2 atom stereocenters. The number of β-amino-alcohol motifs (C(OH)–C–C–N with tert-alkyl or cyclic N) is 1. The van der Waals surface area contributed by atoms with Crippen LogP contribution in [0, 0.1) is 5.92 Å². The zero-order chi connectivity index (χ0) is 8.55. The number of rotatable bonds is 2. The molecule has 0 unspecified atom stereocenters. The smallest absolute Gasteiger partial charge is 0.227 e. The number of hydrogen-bond donors (Lipinski definition) is 3. The van der Waals surface area contributed by atoms with Gasteiger partial charge in [0.2, 0.25) is 5.91 Å². The lowest BCUT2D eigenvalue weighted by Crippen LogP contribution is -2.38. The summed E-state index contributed by atoms with van der Waals surface area (Å²) in [5.74, 6) is -0.222. The van der Waals surface area contributed by atoms with E-state index in [4.69, 9.17) is 0 Å². The summed E-state index contributed by atoms with van der Waals surface area (Å²) in [4.78, 5) is 11.4. The van der Waals surface area contributed by atoms with Gasteiger partial charge >= 0.3 is 0 Å². The van der Waals surface area contributed by atoms with Gasteiger partial charge in [-0.1, -0.05) is 0 Å². The molecular formula is C8H14N2O2. The van der Waals surface area contributed by atoms with Gasteiger partial charge in [-0.15, -0.1) is 0 Å². The van der Waals surface area contributed by atoms with Crippen LogP contribution in [0.1, 0.15) is 12.8 Å². The summed E-state index contributed by atoms with van der Waals surface area (Å²) in [6.07, 6.45) is 1.70. The van der Waals surface area contributed by atoms with E-state index >= 15 is 0 Å². The SMILES string of the molecule is O=C(NC1CC1)[C@@H]1CNC[C@H]1O. The molecule has 2 aliphatic rings. The third-order valence-corrected chi connectivity index (χ3v) is 2.44. The van der Waals surface area contributed by atoms with Gasteiger partial charge in [0.25, 0.3) is 0 Å². The fourth-order valence-electron chi connectivity index (χ4n) is 1.47. The first-order valence-corrected chi connectivity index (χ1v) is 4.46. The van der Waals surface area contributed by atoms with Crippen LogP contribution in [0.25, 0.3) is 0 Å². The molecule has 1 aliphatic carbocycles. The van der Waals surface area contributed by atoms with Crippen molar-refractivity contribution in [2.24, 2.45) is 5.92 Å². The molecule has 0 radical (unpaired) electrons. The molecule has 1 saturated carbocycles. The minimum Gasteiger partial charge on any atom is -0.391 e. The van der Waals surface area contributed by atoms with Crippen molar-refractivity contribution in [1.82, 2.24) is 10.6 Å². The maximum atomic E-state index is 11.4. The molecule has 0 aromatic rings. The van der Waals surface area contributed by atoms with Gasteiger partial charge in [0.15, 0.2) is 0 Å². The Balaban J connectivity index is 1.84. The predicted octanol–water partition coefficient (Wildman–Crippen LogP) is -1.15. The predicted molar refractivity (Wildman–Crippen MR) is 43.5 cm³/mol. The topological polar surface area (TPSA) is 61.4 Å². The molecule has 1 heterocycles. The standard InChI is InChI=1S/C8H14N2O2/c11-7-4-9-3-6(7)8(12)10-5-1-2-5/h5-7,9,11H,1-4H2,(H,10,12)/t6-,7-/m1/s1. The second-order valence-electron chi connectivity index (χ2n) is 3.61. The maximum Gasteiger partial charge on any atom is 0.227 e. The third-order valence-electron chi connectivity index (χ3n) is 2.44. The number of carbonyl (C=O) groups is 1. The highest BCUT2D eigenvalue weighted by molar-refractivity contribution is 5.80. The Morgan fingerprint density at radius 1 is 1.42 bits per heavy atom. The van der Waals surface area contributed by atoms with Gasteiger partial charge in [-0.2, -0.15) is 0 Å². The molecule has 0 aromatic carbocycles. The number of aliphatic hydroxyl groups is 1. The van der Waals surface area contributed by atoms with Crippen LogP contribution >= 0.6 is 0 Å². The molecule has 0 bridgehead atoms. The molecule has 1 aliphatic heterocycles. The lowest BCUT2D eigenvalue weighted by molar-refractivity contribution is -0.127. The lowest BCUT2D eigenvalue weighted by Gasteiger charge is -2.12. The summed E-state index contributed by atoms with van der Waals surface area (Å²) in [6, 6.07) is 0.394. The van der Waals surface area contributed by atoms with Crippen LogP contribution in [-0.4, -0.2) is 36.2 Å². The van der Waals surface area contributed by atoms with Crippen LogP contribution in [0.3, 0.4) is 0 Å². The zero-order valence-corrected chi connectivity index (χ0v) is 6.92. The minimum absolute atomic E-state index is 0.00926. The molecule has 68 valence electrons. The molecule has 12 heavy (non-hydrogen) atoms. The van der Waals surface area contributed by atoms with E-state index in [0.717, 1.165) is 12.8 Å². The Bertz CT molecular complexity index is 191. The van der Waals surface area contributed by atoms with Crippen LogP contribution in [0.4, 0.5) is 0 Å². The van der Waals surface area contributed by atoms with E-state index in [0.29, 0.717) is 19.1 Å². The molecule has 1 amide bonds. The minimum atomic E-state index is -0.497. The van der Waals surface area contributed by atoms with Crippen LogP contribution in [0.15, 0.2) is 0 Å². The van der Waals surface area contributed by atoms with Gasteiger partial charge in [0.1, 0.15) is 0 Å². The average Bonchev–Trinajstić information content (AvgIpc) is 2.72. The second kappa shape index (κ2) is 3.03. The summed E-state index contributed by atoms with van der Waals surface area (Å²) < 4.78 is 0. The summed E-state index contributed by atoms with van der Waals surface area (Å²) in [7, 11) is 0. The molecule has 4 nitrogen and oxygen atoms in total. The Labute approximate surface area is 71.3 Å². The van der Waals surface area contributed by atoms with E-state index in [9.17, 15) is 9.90 Å². The van der Waals surface area contributed by atoms with Crippen LogP contribution < -0.4 is 10.6 Å². The van der Waals surface area contributed by atoms with Crippen molar-refractivity contribution in [3.05, 3.63) is 0 Å². The molecule has 4 heteroatoms. The lowest BCUT2D eigenvalue weighted by atomic mass is 10.1. The number of aliphatic hydroxyl groups excluding tert-OH is 1. The van der Waals surface area contributed by atoms with Crippen molar-refractivity contribution in [3.8, 4) is 0 Å². The zero-order valence-electron chi connectivity index (χ0n) is 6.92. The first-order valence-electron chi connectivity index (χ1n) is 4.46. The van der Waals surface area contributed by atoms with Gasteiger partial charge in [-0.3, -0.25) is 4.79 Å². The first-order chi connectivity index (χ1) is 5.77. The van der Waals surface area contributed by atoms with Gasteiger partial charge in [-0.05, 0) is 12.8 Å². The summed E-state index contributed by atoms with van der Waals surface area (Å²) in [5.41, 5.74) is 0. The van der Waals surface area contributed by atoms with Crippen LogP contribution in [0.2, 0.25) is 0 Å². The van der Waals surface area contributed by atoms with Crippen molar-refractivity contribution in [1.29, 1.82) is 0 Å². The van der Waals surface area contributed by atoms with Crippen LogP contribution in [-0.2, 0) is 4.79 Å². The summed E-state index contributed by atoms with van der Waals surface area (Å²) in [5, 5.41) is 15.2. The highest BCUT2D eigenvalue weighted by Crippen LogP contribution is 2.20. The second-order valence-corrected chi connectivity index (χ2v) is 3.61. The van der Waals surface area contributed by atoms with Gasteiger partial charge in [0.05, 0.1) is 12.0 Å². The van der Waals surface area contributed by atoms with E-state index in [1.54, 1.807) is 0 Å². The van der Waals surface area contributed by atoms with Gasteiger partial charge < -0.3 is 15.7 Å². The van der Waals surface area contributed by atoms with E-state index < -0.39 is 6.10 Å². The fourth-order valence-corrected chi connectivity index (χ4v) is 1.47. The highest BCUT2D eigenvalue weighted by atomic mass is 16.3. The number of hydrogen-bond acceptors (Lipinski definition) is 3. The van der Waals surface area contributed by atoms with E-state index in [1.807, 2.05) is 0 Å². The third kappa shape index (κ3) is 1.59. The normalized spacial score (nSPS) is 35.1. The van der Waals surface area contributed by atoms with Crippen molar-refractivity contribution < 1.29 is 9.90 Å². The van der Waals surface area contributed by atoms with Crippen molar-refractivity contribution in [3.63, 3.8) is 0 Å². The molecular weight excluding hydrogens is 156 g/mol. The van der Waals surface area contributed by atoms with Crippen molar-refractivity contribution in [2.75, 3.05) is 13.1 Å². The molecule has 1 saturated heterocycles. The maximum absolute atomic E-state index is 11.4. The molecule has 2 fully saturated rings. The fraction of sp³-hybridized carbons (Fsp3) is 0.875. The Morgan fingerprint density at radius 2 is 2.17 bits per heavy atom. The van der Waals surface area contributed by atoms with E-state index in [2.05, 4.69) is 10.6 Å². The van der Waals surface area contributed by atoms with Gasteiger partial charge in [-0.25, -0.2) is 0 Å². The van der Waals surface area contributed by atoms with E-state index in [-0.39, 0.29) is 11.8 Å². The molecule has 0 spiro atoms. The monoisotopic (exact) mass is 170 g/mol. The van der Waals surface area contributed by atoms with E-state index in [1.165, 1.54) is 0 Å². The van der Waals surface area contributed by atoms with Crippen LogP contribution in [0.5, 0.6) is 0 Å². The molecule has 2 rings (SSSR count). The first kappa shape index (κ1) is 8.01. The van der Waals surface area contributed by atoms with Gasteiger partial charge in [0, 0.05) is 19.1 Å².